The van der Waals surface area contributed by atoms with Crippen LogP contribution in [0.5, 0.6) is 0 Å². The highest BCUT2D eigenvalue weighted by Gasteiger charge is 2.10. The molecular weight excluding hydrogens is 358 g/mol. The molecule has 27 heavy (non-hydrogen) atoms. The topological polar surface area (TPSA) is 62.3 Å². The average Bonchev–Trinajstić information content (AvgIpc) is 3.15. The van der Waals surface area contributed by atoms with Crippen molar-refractivity contribution in [2.75, 3.05) is 14.1 Å². The van der Waals surface area contributed by atoms with Crippen LogP contribution < -0.4 is 5.32 Å². The molecule has 0 atom stereocenters. The van der Waals surface area contributed by atoms with Crippen LogP contribution in [0.25, 0.3) is 10.6 Å². The molecule has 2 amide bonds. The molecular formula is C21H21N3O2S. The minimum atomic E-state index is -0.0756. The summed E-state index contributed by atoms with van der Waals surface area (Å²) in [6.07, 6.45) is 0.251. The number of nitrogens with one attached hydrogen (secondary N) is 1. The van der Waals surface area contributed by atoms with Crippen LogP contribution in [0.1, 0.15) is 21.6 Å². The summed E-state index contributed by atoms with van der Waals surface area (Å²) in [5.74, 6) is -0.114. The van der Waals surface area contributed by atoms with Crippen LogP contribution in [0.3, 0.4) is 0 Å². The van der Waals surface area contributed by atoms with Crippen molar-refractivity contribution in [3.8, 4) is 10.6 Å². The van der Waals surface area contributed by atoms with Gasteiger partial charge in [0.05, 0.1) is 12.1 Å². The molecule has 0 radical (unpaired) electrons. The quantitative estimate of drug-likeness (QED) is 0.714. The SMILES string of the molecule is CN(C)C(=O)c1ccc(CNC(=O)Cc2csc(-c3ccccc3)n2)cc1. The fourth-order valence-electron chi connectivity index (χ4n) is 2.55. The van der Waals surface area contributed by atoms with E-state index < -0.39 is 0 Å². The summed E-state index contributed by atoms with van der Waals surface area (Å²) in [6, 6.07) is 17.2. The Labute approximate surface area is 162 Å². The molecule has 0 fully saturated rings. The van der Waals surface area contributed by atoms with E-state index in [9.17, 15) is 9.59 Å². The lowest BCUT2D eigenvalue weighted by molar-refractivity contribution is -0.120. The molecule has 0 bridgehead atoms. The lowest BCUT2D eigenvalue weighted by Crippen LogP contribution is -2.25. The van der Waals surface area contributed by atoms with Crippen molar-refractivity contribution in [3.05, 3.63) is 76.8 Å². The highest BCUT2D eigenvalue weighted by Crippen LogP contribution is 2.23. The van der Waals surface area contributed by atoms with E-state index in [0.717, 1.165) is 21.8 Å². The molecule has 1 aromatic heterocycles. The molecule has 0 spiro atoms. The van der Waals surface area contributed by atoms with Crippen molar-refractivity contribution in [2.24, 2.45) is 0 Å². The number of thiazole rings is 1. The van der Waals surface area contributed by atoms with Crippen LogP contribution in [0.4, 0.5) is 0 Å². The van der Waals surface area contributed by atoms with Gasteiger partial charge < -0.3 is 10.2 Å². The van der Waals surface area contributed by atoms with Crippen LogP contribution >= 0.6 is 11.3 Å². The number of amides is 2. The van der Waals surface area contributed by atoms with Crippen molar-refractivity contribution >= 4 is 23.2 Å². The highest BCUT2D eigenvalue weighted by molar-refractivity contribution is 7.13. The number of nitrogens with zero attached hydrogens (tertiary/aromatic N) is 2. The Kier molecular flexibility index (Phi) is 5.98. The number of hydrogen-bond donors (Lipinski definition) is 1. The molecule has 6 heteroatoms. The summed E-state index contributed by atoms with van der Waals surface area (Å²) in [5.41, 5.74) is 3.40. The fraction of sp³-hybridized carbons (Fsp3) is 0.190. The second-order valence-electron chi connectivity index (χ2n) is 6.36. The second kappa shape index (κ2) is 8.60. The van der Waals surface area contributed by atoms with Crippen LogP contribution in [-0.4, -0.2) is 35.8 Å². The van der Waals surface area contributed by atoms with Crippen molar-refractivity contribution in [1.82, 2.24) is 15.2 Å². The number of rotatable bonds is 6. The average molecular weight is 379 g/mol. The van der Waals surface area contributed by atoms with E-state index in [1.54, 1.807) is 26.2 Å². The van der Waals surface area contributed by atoms with Crippen molar-refractivity contribution < 1.29 is 9.59 Å². The maximum atomic E-state index is 12.2. The molecule has 0 saturated heterocycles. The Hall–Kier alpha value is -2.99. The third kappa shape index (κ3) is 5.01. The molecule has 2 aromatic carbocycles. The minimum Gasteiger partial charge on any atom is -0.352 e. The van der Waals surface area contributed by atoms with Gasteiger partial charge in [-0.05, 0) is 17.7 Å². The van der Waals surface area contributed by atoms with Gasteiger partial charge in [-0.25, -0.2) is 4.98 Å². The zero-order valence-electron chi connectivity index (χ0n) is 15.3. The molecule has 1 heterocycles. The van der Waals surface area contributed by atoms with Crippen LogP contribution in [-0.2, 0) is 17.8 Å². The molecule has 3 aromatic rings. The lowest BCUT2D eigenvalue weighted by Gasteiger charge is -2.10. The first-order valence-electron chi connectivity index (χ1n) is 8.60. The lowest BCUT2D eigenvalue weighted by atomic mass is 10.1. The molecule has 1 N–H and O–H groups in total. The number of aromatic nitrogens is 1. The van der Waals surface area contributed by atoms with Crippen molar-refractivity contribution in [1.29, 1.82) is 0 Å². The summed E-state index contributed by atoms with van der Waals surface area (Å²) >= 11 is 1.54. The third-order valence-electron chi connectivity index (χ3n) is 4.01. The molecule has 0 unspecified atom stereocenters. The van der Waals surface area contributed by atoms with E-state index in [1.807, 2.05) is 47.8 Å². The third-order valence-corrected chi connectivity index (χ3v) is 4.95. The smallest absolute Gasteiger partial charge is 0.253 e. The maximum absolute atomic E-state index is 12.2. The van der Waals surface area contributed by atoms with Crippen LogP contribution in [0.2, 0.25) is 0 Å². The fourth-order valence-corrected chi connectivity index (χ4v) is 3.38. The number of carbonyl (C=O) groups is 2. The van der Waals surface area contributed by atoms with Crippen LogP contribution in [0, 0.1) is 0 Å². The van der Waals surface area contributed by atoms with E-state index in [0.29, 0.717) is 12.1 Å². The maximum Gasteiger partial charge on any atom is 0.253 e. The summed E-state index contributed by atoms with van der Waals surface area (Å²) in [5, 5.41) is 5.73. The van der Waals surface area contributed by atoms with Gasteiger partial charge in [0, 0.05) is 37.1 Å². The summed E-state index contributed by atoms with van der Waals surface area (Å²) in [7, 11) is 3.44. The van der Waals surface area contributed by atoms with Gasteiger partial charge in [-0.3, -0.25) is 9.59 Å². The largest absolute Gasteiger partial charge is 0.352 e. The molecule has 0 aliphatic carbocycles. The molecule has 0 aliphatic rings. The highest BCUT2D eigenvalue weighted by atomic mass is 32.1. The van der Waals surface area contributed by atoms with E-state index in [1.165, 1.54) is 16.2 Å². The van der Waals surface area contributed by atoms with Gasteiger partial charge in [0.1, 0.15) is 5.01 Å². The van der Waals surface area contributed by atoms with E-state index in [4.69, 9.17) is 0 Å². The van der Waals surface area contributed by atoms with E-state index in [-0.39, 0.29) is 18.2 Å². The molecule has 0 saturated carbocycles. The van der Waals surface area contributed by atoms with Gasteiger partial charge in [-0.2, -0.15) is 0 Å². The number of hydrogen-bond acceptors (Lipinski definition) is 4. The number of benzene rings is 2. The molecule has 138 valence electrons. The standard InChI is InChI=1S/C21H21N3O2S/c1-24(2)21(26)17-10-8-15(9-11-17)13-22-19(25)12-18-14-27-20(23-18)16-6-4-3-5-7-16/h3-11,14H,12-13H2,1-2H3,(H,22,25). The van der Waals surface area contributed by atoms with Crippen molar-refractivity contribution in [3.63, 3.8) is 0 Å². The molecule has 0 aliphatic heterocycles. The Morgan fingerprint density at radius 2 is 1.74 bits per heavy atom. The summed E-state index contributed by atoms with van der Waals surface area (Å²) in [6.45, 7) is 0.422. The van der Waals surface area contributed by atoms with Gasteiger partial charge in [0.2, 0.25) is 5.91 Å². The first kappa shape index (κ1) is 18.8. The monoisotopic (exact) mass is 379 g/mol. The zero-order valence-corrected chi connectivity index (χ0v) is 16.1. The summed E-state index contributed by atoms with van der Waals surface area (Å²) < 4.78 is 0. The first-order valence-corrected chi connectivity index (χ1v) is 9.48. The Bertz CT molecular complexity index is 918. The predicted octanol–water partition coefficient (Wildman–Crippen LogP) is 3.37. The van der Waals surface area contributed by atoms with Gasteiger partial charge in [0.15, 0.2) is 0 Å². The van der Waals surface area contributed by atoms with E-state index >= 15 is 0 Å². The first-order chi connectivity index (χ1) is 13.0. The number of carbonyl (C=O) groups excluding carboxylic acids is 2. The molecule has 5 nitrogen and oxygen atoms in total. The Morgan fingerprint density at radius 3 is 2.41 bits per heavy atom. The van der Waals surface area contributed by atoms with E-state index in [2.05, 4.69) is 10.3 Å². The van der Waals surface area contributed by atoms with Gasteiger partial charge >= 0.3 is 0 Å². The summed E-state index contributed by atoms with van der Waals surface area (Å²) in [4.78, 5) is 30.1. The van der Waals surface area contributed by atoms with Crippen molar-refractivity contribution in [2.45, 2.75) is 13.0 Å². The minimum absolute atomic E-state index is 0.0386. The van der Waals surface area contributed by atoms with Gasteiger partial charge in [0.25, 0.3) is 5.91 Å². The second-order valence-corrected chi connectivity index (χ2v) is 7.22. The predicted molar refractivity (Wildman–Crippen MR) is 108 cm³/mol. The Balaban J connectivity index is 1.53. The molecule has 3 rings (SSSR count). The van der Waals surface area contributed by atoms with Gasteiger partial charge in [-0.15, -0.1) is 11.3 Å². The zero-order chi connectivity index (χ0) is 19.2. The van der Waals surface area contributed by atoms with Crippen LogP contribution in [0.15, 0.2) is 60.0 Å². The van der Waals surface area contributed by atoms with Gasteiger partial charge in [-0.1, -0.05) is 42.5 Å². The Morgan fingerprint density at radius 1 is 1.04 bits per heavy atom. The normalized spacial score (nSPS) is 10.4.